The summed E-state index contributed by atoms with van der Waals surface area (Å²) >= 11 is 8.87. The molecule has 0 saturated carbocycles. The van der Waals surface area contributed by atoms with Crippen LogP contribution in [-0.2, 0) is 11.2 Å². The van der Waals surface area contributed by atoms with Crippen LogP contribution in [0, 0.1) is 5.82 Å². The number of phenols is 1. The topological polar surface area (TPSA) is 62.2 Å². The van der Waals surface area contributed by atoms with Gasteiger partial charge < -0.3 is 10.4 Å². The molecule has 0 aliphatic carbocycles. The van der Waals surface area contributed by atoms with E-state index in [0.717, 1.165) is 16.6 Å². The number of rotatable bonds is 3. The van der Waals surface area contributed by atoms with Crippen LogP contribution in [0.2, 0.25) is 5.02 Å². The van der Waals surface area contributed by atoms with E-state index in [9.17, 15) is 14.3 Å². The first kappa shape index (κ1) is 14.7. The molecule has 0 radical (unpaired) electrons. The fraction of sp³-hybridized carbons (Fsp3) is 0.0769. The fourth-order valence-electron chi connectivity index (χ4n) is 1.59. The molecule has 1 amide bonds. The van der Waals surface area contributed by atoms with Crippen LogP contribution in [0.25, 0.3) is 0 Å². The average Bonchev–Trinajstić information content (AvgIpc) is 2.35. The molecular weight excluding hydrogens is 351 g/mol. The minimum absolute atomic E-state index is 0.0417. The van der Waals surface area contributed by atoms with E-state index in [-0.39, 0.29) is 22.9 Å². The number of phenolic OH excluding ortho intramolecular Hbond substituents is 1. The maximum Gasteiger partial charge on any atom is 0.228 e. The first-order valence-electron chi connectivity index (χ1n) is 5.53. The van der Waals surface area contributed by atoms with E-state index in [0.29, 0.717) is 5.56 Å². The molecule has 0 fully saturated rings. The Hall–Kier alpha value is -1.66. The molecule has 0 bridgehead atoms. The summed E-state index contributed by atoms with van der Waals surface area (Å²) in [5.74, 6) is -1.43. The number of pyridine rings is 1. The number of carbonyl (C=O) groups is 1. The van der Waals surface area contributed by atoms with E-state index < -0.39 is 11.7 Å². The number of carbonyl (C=O) groups excluding carboxylic acids is 1. The maximum absolute atomic E-state index is 13.2. The lowest BCUT2D eigenvalue weighted by molar-refractivity contribution is -0.115. The highest BCUT2D eigenvalue weighted by molar-refractivity contribution is 9.10. The Morgan fingerprint density at radius 2 is 2.15 bits per heavy atom. The Kier molecular flexibility index (Phi) is 4.57. The smallest absolute Gasteiger partial charge is 0.228 e. The monoisotopic (exact) mass is 358 g/mol. The van der Waals surface area contributed by atoms with Gasteiger partial charge in [0.25, 0.3) is 0 Å². The molecular formula is C13H9BrClFN2O2. The summed E-state index contributed by atoms with van der Waals surface area (Å²) < 4.78 is 13.9. The minimum Gasteiger partial charge on any atom is -0.504 e. The third-order valence-corrected chi connectivity index (χ3v) is 3.15. The molecule has 2 N–H and O–H groups in total. The molecule has 104 valence electrons. The van der Waals surface area contributed by atoms with Crippen molar-refractivity contribution in [2.45, 2.75) is 6.42 Å². The summed E-state index contributed by atoms with van der Waals surface area (Å²) in [6.45, 7) is 0. The number of halogens is 3. The van der Waals surface area contributed by atoms with Crippen LogP contribution in [0.15, 0.2) is 35.1 Å². The van der Waals surface area contributed by atoms with Gasteiger partial charge in [-0.3, -0.25) is 9.78 Å². The largest absolute Gasteiger partial charge is 0.504 e. The van der Waals surface area contributed by atoms with Gasteiger partial charge in [-0.15, -0.1) is 0 Å². The highest BCUT2D eigenvalue weighted by Gasteiger charge is 2.12. The van der Waals surface area contributed by atoms with Gasteiger partial charge in [0.05, 0.1) is 17.1 Å². The van der Waals surface area contributed by atoms with E-state index in [1.54, 1.807) is 18.5 Å². The van der Waals surface area contributed by atoms with Gasteiger partial charge in [-0.2, -0.15) is 0 Å². The molecule has 7 heteroatoms. The number of amides is 1. The van der Waals surface area contributed by atoms with Gasteiger partial charge in [0.2, 0.25) is 5.91 Å². The maximum atomic E-state index is 13.2. The van der Waals surface area contributed by atoms with E-state index in [2.05, 4.69) is 26.2 Å². The van der Waals surface area contributed by atoms with Crippen LogP contribution < -0.4 is 5.32 Å². The first-order chi connectivity index (χ1) is 9.45. The number of nitrogens with zero attached hydrogens (tertiary/aromatic N) is 1. The minimum atomic E-state index is -0.646. The van der Waals surface area contributed by atoms with Crippen LogP contribution in [0.4, 0.5) is 10.1 Å². The van der Waals surface area contributed by atoms with Crippen LogP contribution in [0.3, 0.4) is 0 Å². The van der Waals surface area contributed by atoms with Crippen molar-refractivity contribution < 1.29 is 14.3 Å². The third kappa shape index (κ3) is 3.68. The second kappa shape index (κ2) is 6.19. The Bertz CT molecular complexity index is 667. The summed E-state index contributed by atoms with van der Waals surface area (Å²) in [5, 5.41) is 11.9. The quantitative estimate of drug-likeness (QED) is 0.824. The van der Waals surface area contributed by atoms with Gasteiger partial charge in [0, 0.05) is 22.9 Å². The lowest BCUT2D eigenvalue weighted by atomic mass is 10.2. The van der Waals surface area contributed by atoms with Gasteiger partial charge in [0.1, 0.15) is 5.82 Å². The average molecular weight is 360 g/mol. The molecule has 1 heterocycles. The van der Waals surface area contributed by atoms with Crippen molar-refractivity contribution in [3.8, 4) is 5.75 Å². The zero-order chi connectivity index (χ0) is 14.7. The predicted molar refractivity (Wildman–Crippen MR) is 77.3 cm³/mol. The van der Waals surface area contributed by atoms with E-state index in [4.69, 9.17) is 11.6 Å². The van der Waals surface area contributed by atoms with E-state index >= 15 is 0 Å². The standard InChI is InChI=1S/C13H9BrClFN2O2/c14-8-1-7(5-17-6-8)2-12(19)18-11-4-9(16)3-10(15)13(11)20/h1,3-6,20H,2H2,(H,18,19). The van der Waals surface area contributed by atoms with Gasteiger partial charge in [-0.1, -0.05) is 11.6 Å². The van der Waals surface area contributed by atoms with Crippen LogP contribution in [-0.4, -0.2) is 16.0 Å². The number of anilines is 1. The molecule has 1 aromatic carbocycles. The Morgan fingerprint density at radius 3 is 2.85 bits per heavy atom. The number of hydrogen-bond acceptors (Lipinski definition) is 3. The van der Waals surface area contributed by atoms with Crippen molar-refractivity contribution in [3.63, 3.8) is 0 Å². The van der Waals surface area contributed by atoms with E-state index in [1.807, 2.05) is 0 Å². The molecule has 0 saturated heterocycles. The van der Waals surface area contributed by atoms with E-state index in [1.165, 1.54) is 0 Å². The SMILES string of the molecule is O=C(Cc1cncc(Br)c1)Nc1cc(F)cc(Cl)c1O. The third-order valence-electron chi connectivity index (χ3n) is 2.43. The van der Waals surface area contributed by atoms with Crippen molar-refractivity contribution in [2.75, 3.05) is 5.32 Å². The van der Waals surface area contributed by atoms with Crippen LogP contribution in [0.1, 0.15) is 5.56 Å². The van der Waals surface area contributed by atoms with Gasteiger partial charge >= 0.3 is 0 Å². The molecule has 0 atom stereocenters. The van der Waals surface area contributed by atoms with Crippen molar-refractivity contribution >= 4 is 39.1 Å². The summed E-state index contributed by atoms with van der Waals surface area (Å²) in [7, 11) is 0. The van der Waals surface area contributed by atoms with Crippen molar-refractivity contribution in [1.29, 1.82) is 0 Å². The lowest BCUT2D eigenvalue weighted by Gasteiger charge is -2.09. The molecule has 0 aliphatic rings. The Labute approximate surface area is 127 Å². The highest BCUT2D eigenvalue weighted by Crippen LogP contribution is 2.32. The molecule has 2 rings (SSSR count). The summed E-state index contributed by atoms with van der Waals surface area (Å²) in [5.41, 5.74) is 0.613. The zero-order valence-electron chi connectivity index (χ0n) is 10.0. The molecule has 2 aromatic rings. The summed E-state index contributed by atoms with van der Waals surface area (Å²) in [6.07, 6.45) is 3.18. The Morgan fingerprint density at radius 1 is 1.40 bits per heavy atom. The van der Waals surface area contributed by atoms with Crippen LogP contribution in [0.5, 0.6) is 5.75 Å². The molecule has 0 unspecified atom stereocenters. The van der Waals surface area contributed by atoms with Crippen LogP contribution >= 0.6 is 27.5 Å². The highest BCUT2D eigenvalue weighted by atomic mass is 79.9. The summed E-state index contributed by atoms with van der Waals surface area (Å²) in [4.78, 5) is 15.8. The van der Waals surface area contributed by atoms with Gasteiger partial charge in [-0.25, -0.2) is 4.39 Å². The molecule has 1 aromatic heterocycles. The number of benzene rings is 1. The molecule has 20 heavy (non-hydrogen) atoms. The molecule has 4 nitrogen and oxygen atoms in total. The van der Waals surface area contributed by atoms with Gasteiger partial charge in [-0.05, 0) is 33.6 Å². The zero-order valence-corrected chi connectivity index (χ0v) is 12.4. The van der Waals surface area contributed by atoms with Gasteiger partial charge in [0.15, 0.2) is 5.75 Å². The number of aromatic hydroxyl groups is 1. The second-order valence-corrected chi connectivity index (χ2v) is 5.34. The first-order valence-corrected chi connectivity index (χ1v) is 6.70. The van der Waals surface area contributed by atoms with Crippen molar-refractivity contribution in [2.24, 2.45) is 0 Å². The normalized spacial score (nSPS) is 10.3. The second-order valence-electron chi connectivity index (χ2n) is 4.02. The molecule has 0 spiro atoms. The summed E-state index contributed by atoms with van der Waals surface area (Å²) in [6, 6.07) is 3.70. The van der Waals surface area contributed by atoms with Crippen molar-refractivity contribution in [1.82, 2.24) is 4.98 Å². The Balaban J connectivity index is 2.12. The fourth-order valence-corrected chi connectivity index (χ4v) is 2.21. The number of aromatic nitrogens is 1. The van der Waals surface area contributed by atoms with Crippen molar-refractivity contribution in [3.05, 3.63) is 51.5 Å². The lowest BCUT2D eigenvalue weighted by Crippen LogP contribution is -2.14. The number of nitrogens with one attached hydrogen (secondary N) is 1. The number of hydrogen-bond donors (Lipinski definition) is 2. The molecule has 0 aliphatic heterocycles. The predicted octanol–water partition coefficient (Wildman–Crippen LogP) is 3.52.